The van der Waals surface area contributed by atoms with Crippen LogP contribution in [0.2, 0.25) is 0 Å². The molecule has 4 aromatic heterocycles. The summed E-state index contributed by atoms with van der Waals surface area (Å²) >= 11 is 11.0. The molecular weight excluding hydrogens is 860 g/mol. The molecule has 1 aromatic carbocycles. The van der Waals surface area contributed by atoms with Crippen LogP contribution in [0.15, 0.2) is 41.4 Å². The number of hydrogen-bond donors (Lipinski definition) is 0. The standard InChI is InChI=1S/C48H70Br2N2O2S2/c1-5-9-13-17-19-23-27-35(25-21-15-11-7-3)33-51-41-31-43(49)55-45(41)37-30-40-38(29-39(37)47(51)53)46-42(32-44(50)56-46)52(48(40)54)34-36(26-22-16-12-8-4)28-24-20-18-14-10-6-2/h29-32,35-36H,5-28,33-34H2,1-4H3. The van der Waals surface area contributed by atoms with Crippen molar-refractivity contribution in [3.8, 4) is 0 Å². The van der Waals surface area contributed by atoms with Crippen LogP contribution in [-0.4, -0.2) is 9.13 Å². The fraction of sp³-hybridized carbons (Fsp3) is 0.667. The first kappa shape index (κ1) is 45.6. The zero-order chi connectivity index (χ0) is 39.9. The maximum absolute atomic E-state index is 14.8. The molecule has 5 rings (SSSR count). The summed E-state index contributed by atoms with van der Waals surface area (Å²) in [5.41, 5.74) is 2.18. The maximum Gasteiger partial charge on any atom is 0.259 e. The first-order valence-electron chi connectivity index (χ1n) is 22.7. The molecular formula is C48H70Br2N2O2S2. The van der Waals surface area contributed by atoms with Crippen molar-refractivity contribution in [2.45, 2.75) is 195 Å². The molecule has 0 aliphatic carbocycles. The number of fused-ring (bicyclic) bond motifs is 6. The van der Waals surface area contributed by atoms with Crippen LogP contribution in [0.25, 0.3) is 42.0 Å². The molecule has 4 heterocycles. The lowest BCUT2D eigenvalue weighted by atomic mass is 9.93. The number of unbranched alkanes of at least 4 members (excludes halogenated alkanes) is 16. The Morgan fingerprint density at radius 1 is 0.446 bits per heavy atom. The highest BCUT2D eigenvalue weighted by atomic mass is 79.9. The number of pyridine rings is 2. The summed E-state index contributed by atoms with van der Waals surface area (Å²) in [5.74, 6) is 0.961. The zero-order valence-corrected chi connectivity index (χ0v) is 39.9. The second kappa shape index (κ2) is 23.9. The Bertz CT molecular complexity index is 1930. The van der Waals surface area contributed by atoms with Gasteiger partial charge in [-0.15, -0.1) is 22.7 Å². The number of nitrogens with zero attached hydrogens (tertiary/aromatic N) is 2. The van der Waals surface area contributed by atoms with Crippen molar-refractivity contribution in [1.82, 2.24) is 9.13 Å². The zero-order valence-electron chi connectivity index (χ0n) is 35.1. The van der Waals surface area contributed by atoms with Gasteiger partial charge in [-0.1, -0.05) is 156 Å². The van der Waals surface area contributed by atoms with Crippen LogP contribution >= 0.6 is 54.5 Å². The van der Waals surface area contributed by atoms with Gasteiger partial charge in [0.1, 0.15) is 0 Å². The van der Waals surface area contributed by atoms with E-state index in [2.05, 4.69) is 93.0 Å². The summed E-state index contributed by atoms with van der Waals surface area (Å²) in [5, 5.41) is 3.32. The number of halogens is 2. The number of rotatable bonds is 28. The average molecular weight is 931 g/mol. The molecule has 0 aliphatic heterocycles. The first-order chi connectivity index (χ1) is 27.3. The van der Waals surface area contributed by atoms with Gasteiger partial charge in [0.05, 0.1) is 28.0 Å². The third-order valence-corrected chi connectivity index (χ3v) is 15.6. The fourth-order valence-electron chi connectivity index (χ4n) is 9.01. The summed E-state index contributed by atoms with van der Waals surface area (Å²) in [6, 6.07) is 8.45. The highest BCUT2D eigenvalue weighted by Gasteiger charge is 2.22. The molecule has 0 amide bonds. The quantitative estimate of drug-likeness (QED) is 0.0370. The summed E-state index contributed by atoms with van der Waals surface area (Å²) < 4.78 is 8.46. The highest BCUT2D eigenvalue weighted by molar-refractivity contribution is 9.11. The van der Waals surface area contributed by atoms with E-state index in [-0.39, 0.29) is 11.1 Å². The average Bonchev–Trinajstić information content (AvgIpc) is 3.78. The van der Waals surface area contributed by atoms with Crippen molar-refractivity contribution in [3.63, 3.8) is 0 Å². The normalized spacial score (nSPS) is 13.2. The summed E-state index contributed by atoms with van der Waals surface area (Å²) in [6.45, 7) is 10.6. The Morgan fingerprint density at radius 3 is 1.09 bits per heavy atom. The van der Waals surface area contributed by atoms with Crippen LogP contribution in [0.5, 0.6) is 0 Å². The summed E-state index contributed by atoms with van der Waals surface area (Å²) in [4.78, 5) is 29.6. The van der Waals surface area contributed by atoms with E-state index in [0.29, 0.717) is 11.8 Å². The van der Waals surface area contributed by atoms with E-state index < -0.39 is 0 Å². The molecule has 8 heteroatoms. The van der Waals surface area contributed by atoms with Gasteiger partial charge in [0.15, 0.2) is 0 Å². The predicted molar refractivity (Wildman–Crippen MR) is 257 cm³/mol. The van der Waals surface area contributed by atoms with Crippen molar-refractivity contribution in [2.24, 2.45) is 11.8 Å². The van der Waals surface area contributed by atoms with Crippen LogP contribution in [0.4, 0.5) is 0 Å². The van der Waals surface area contributed by atoms with Gasteiger partial charge in [0.2, 0.25) is 0 Å². The van der Waals surface area contributed by atoms with Gasteiger partial charge in [0.25, 0.3) is 11.1 Å². The SMILES string of the molecule is CCCCCCCCC(CCCCCC)Cn1c(=O)c2cc3c(cc2c2sc(Br)cc21)c(=O)n(CC(CCCCCC)CCCCCCCC)c1cc(Br)sc31. The molecule has 0 saturated heterocycles. The van der Waals surface area contributed by atoms with Gasteiger partial charge >= 0.3 is 0 Å². The van der Waals surface area contributed by atoms with E-state index in [1.54, 1.807) is 22.7 Å². The largest absolute Gasteiger partial charge is 0.307 e. The van der Waals surface area contributed by atoms with Gasteiger partial charge in [-0.3, -0.25) is 9.59 Å². The summed E-state index contributed by atoms with van der Waals surface area (Å²) in [7, 11) is 0. The fourth-order valence-corrected chi connectivity index (χ4v) is 12.3. The van der Waals surface area contributed by atoms with Gasteiger partial charge in [-0.2, -0.15) is 0 Å². The minimum Gasteiger partial charge on any atom is -0.307 e. The van der Waals surface area contributed by atoms with E-state index in [1.807, 2.05) is 0 Å². The van der Waals surface area contributed by atoms with Gasteiger partial charge in [0, 0.05) is 34.6 Å². The molecule has 0 bridgehead atoms. The van der Waals surface area contributed by atoms with Crippen LogP contribution < -0.4 is 11.1 Å². The minimum absolute atomic E-state index is 0.0836. The van der Waals surface area contributed by atoms with E-state index in [0.717, 1.165) is 62.6 Å². The van der Waals surface area contributed by atoms with Gasteiger partial charge < -0.3 is 9.13 Å². The number of thiophene rings is 2. The number of benzene rings is 1. The molecule has 0 N–H and O–H groups in total. The smallest absolute Gasteiger partial charge is 0.259 e. The van der Waals surface area contributed by atoms with Crippen molar-refractivity contribution in [1.29, 1.82) is 0 Å². The van der Waals surface area contributed by atoms with Crippen LogP contribution in [0, 0.1) is 11.8 Å². The lowest BCUT2D eigenvalue weighted by molar-refractivity contribution is 0.359. The molecule has 0 aliphatic rings. The van der Waals surface area contributed by atoms with Crippen molar-refractivity contribution in [2.75, 3.05) is 0 Å². The van der Waals surface area contributed by atoms with Crippen LogP contribution in [0.1, 0.15) is 182 Å². The van der Waals surface area contributed by atoms with Crippen molar-refractivity contribution in [3.05, 3.63) is 52.5 Å². The molecule has 56 heavy (non-hydrogen) atoms. The van der Waals surface area contributed by atoms with Gasteiger partial charge in [-0.25, -0.2) is 0 Å². The van der Waals surface area contributed by atoms with Crippen LogP contribution in [0.3, 0.4) is 0 Å². The lowest BCUT2D eigenvalue weighted by Gasteiger charge is -2.21. The molecule has 2 atom stereocenters. The highest BCUT2D eigenvalue weighted by Crippen LogP contribution is 2.40. The molecule has 0 saturated carbocycles. The molecule has 310 valence electrons. The molecule has 0 radical (unpaired) electrons. The second-order valence-electron chi connectivity index (χ2n) is 16.8. The lowest BCUT2D eigenvalue weighted by Crippen LogP contribution is -2.26. The Labute approximate surface area is 362 Å². The first-order valence-corrected chi connectivity index (χ1v) is 25.9. The predicted octanol–water partition coefficient (Wildman–Crippen LogP) is 16.9. The number of aromatic nitrogens is 2. The third-order valence-electron chi connectivity index (χ3n) is 12.3. The molecule has 5 aromatic rings. The number of hydrogen-bond acceptors (Lipinski definition) is 4. The Balaban J connectivity index is 1.54. The Kier molecular flexibility index (Phi) is 19.5. The van der Waals surface area contributed by atoms with E-state index in [1.165, 1.54) is 154 Å². The maximum atomic E-state index is 14.8. The summed E-state index contributed by atoms with van der Waals surface area (Å²) in [6.07, 6.45) is 30.3. The monoisotopic (exact) mass is 928 g/mol. The van der Waals surface area contributed by atoms with E-state index in [9.17, 15) is 9.59 Å². The van der Waals surface area contributed by atoms with Crippen LogP contribution in [-0.2, 0) is 13.1 Å². The minimum atomic E-state index is 0.0836. The van der Waals surface area contributed by atoms with Gasteiger partial charge in [-0.05, 0) is 93.6 Å². The molecule has 0 spiro atoms. The second-order valence-corrected chi connectivity index (χ2v) is 21.7. The molecule has 0 fully saturated rings. The third kappa shape index (κ3) is 12.3. The van der Waals surface area contributed by atoms with Crippen molar-refractivity contribution < 1.29 is 0 Å². The Morgan fingerprint density at radius 2 is 0.750 bits per heavy atom. The Hall–Kier alpha value is -1.48. The molecule has 2 unspecified atom stereocenters. The van der Waals surface area contributed by atoms with E-state index in [4.69, 9.17) is 0 Å². The van der Waals surface area contributed by atoms with E-state index >= 15 is 0 Å². The van der Waals surface area contributed by atoms with Crippen molar-refractivity contribution >= 4 is 96.5 Å². The molecule has 4 nitrogen and oxygen atoms in total. The topological polar surface area (TPSA) is 44.0 Å².